The summed E-state index contributed by atoms with van der Waals surface area (Å²) >= 11 is 0. The lowest BCUT2D eigenvalue weighted by molar-refractivity contribution is -0.126. The Morgan fingerprint density at radius 2 is 1.75 bits per heavy atom. The molecule has 2 amide bonds. The van der Waals surface area contributed by atoms with Crippen molar-refractivity contribution in [3.63, 3.8) is 0 Å². The van der Waals surface area contributed by atoms with E-state index in [2.05, 4.69) is 5.32 Å². The molecular formula is C6H14ClN3O2. The smallest absolute Gasteiger partial charge is 0.234 e. The molecule has 0 bridgehead atoms. The first-order valence-electron chi connectivity index (χ1n) is 3.46. The molecule has 0 aliphatic carbocycles. The average molecular weight is 196 g/mol. The summed E-state index contributed by atoms with van der Waals surface area (Å²) in [5.41, 5.74) is 1.94. The lowest BCUT2D eigenvalue weighted by Gasteiger charge is -2.00. The van der Waals surface area contributed by atoms with Gasteiger partial charge in [-0.2, -0.15) is 0 Å². The van der Waals surface area contributed by atoms with Crippen molar-refractivity contribution >= 4 is 24.2 Å². The summed E-state index contributed by atoms with van der Waals surface area (Å²) in [7, 11) is 0. The summed E-state index contributed by atoms with van der Waals surface area (Å²) in [5, 5.41) is 2.57. The predicted molar refractivity (Wildman–Crippen MR) is 47.5 cm³/mol. The molecule has 0 spiro atoms. The van der Waals surface area contributed by atoms with E-state index in [1.165, 1.54) is 0 Å². The van der Waals surface area contributed by atoms with E-state index in [0.717, 1.165) is 0 Å². The molecule has 0 saturated carbocycles. The Labute approximate surface area is 77.4 Å². The molecule has 0 aromatic carbocycles. The number of hydrogen-bond acceptors (Lipinski definition) is 3. The van der Waals surface area contributed by atoms with Crippen LogP contribution in [0.15, 0.2) is 0 Å². The van der Waals surface area contributed by atoms with Gasteiger partial charge in [0.25, 0.3) is 0 Å². The van der Waals surface area contributed by atoms with Gasteiger partial charge in [-0.25, -0.2) is 5.84 Å². The van der Waals surface area contributed by atoms with E-state index < -0.39 is 0 Å². The summed E-state index contributed by atoms with van der Waals surface area (Å²) in [6.07, 6.45) is 0.333. The second-order valence-electron chi connectivity index (χ2n) is 2.02. The van der Waals surface area contributed by atoms with E-state index in [-0.39, 0.29) is 37.1 Å². The number of hydrogen-bond donors (Lipinski definition) is 3. The zero-order chi connectivity index (χ0) is 8.69. The lowest BCUT2D eigenvalue weighted by Crippen LogP contribution is -2.31. The number of halogens is 1. The Hall–Kier alpha value is -0.810. The Kier molecular flexibility index (Phi) is 9.50. The molecule has 6 heteroatoms. The van der Waals surface area contributed by atoms with Gasteiger partial charge in [0.15, 0.2) is 0 Å². The molecule has 5 nitrogen and oxygen atoms in total. The fourth-order valence-corrected chi connectivity index (χ4v) is 0.585. The van der Waals surface area contributed by atoms with Crippen LogP contribution in [0.5, 0.6) is 0 Å². The van der Waals surface area contributed by atoms with Gasteiger partial charge in [0.1, 0.15) is 0 Å². The molecule has 0 radical (unpaired) electrons. The van der Waals surface area contributed by atoms with Crippen LogP contribution in [0.4, 0.5) is 0 Å². The molecule has 0 atom stereocenters. The van der Waals surface area contributed by atoms with Crippen molar-refractivity contribution in [1.29, 1.82) is 0 Å². The van der Waals surface area contributed by atoms with E-state index in [1.807, 2.05) is 12.3 Å². The van der Waals surface area contributed by atoms with Crippen molar-refractivity contribution in [1.82, 2.24) is 10.7 Å². The summed E-state index contributed by atoms with van der Waals surface area (Å²) in [5.74, 6) is 4.35. The van der Waals surface area contributed by atoms with Crippen LogP contribution in [0.25, 0.3) is 0 Å². The summed E-state index contributed by atoms with van der Waals surface area (Å²) in [4.78, 5) is 21.2. The third-order valence-electron chi connectivity index (χ3n) is 1.11. The second kappa shape index (κ2) is 8.29. The van der Waals surface area contributed by atoms with Gasteiger partial charge in [-0.3, -0.25) is 15.0 Å². The van der Waals surface area contributed by atoms with Crippen LogP contribution in [0, 0.1) is 0 Å². The van der Waals surface area contributed by atoms with E-state index in [4.69, 9.17) is 5.84 Å². The van der Waals surface area contributed by atoms with Gasteiger partial charge in [-0.05, 0) is 6.92 Å². The van der Waals surface area contributed by atoms with Crippen LogP contribution < -0.4 is 16.6 Å². The minimum atomic E-state index is -0.323. The zero-order valence-corrected chi connectivity index (χ0v) is 7.74. The minimum absolute atomic E-state index is 0. The fraction of sp³-hybridized carbons (Fsp3) is 0.667. The minimum Gasteiger partial charge on any atom is -0.356 e. The van der Waals surface area contributed by atoms with Crippen LogP contribution in [-0.2, 0) is 9.59 Å². The molecule has 0 aromatic heterocycles. The Morgan fingerprint density at radius 1 is 1.25 bits per heavy atom. The topological polar surface area (TPSA) is 84.2 Å². The van der Waals surface area contributed by atoms with E-state index in [1.54, 1.807) is 0 Å². The number of amides is 2. The maximum atomic E-state index is 10.7. The summed E-state index contributed by atoms with van der Waals surface area (Å²) in [6.45, 7) is 2.41. The third-order valence-corrected chi connectivity index (χ3v) is 1.11. The molecule has 0 aliphatic heterocycles. The van der Waals surface area contributed by atoms with Gasteiger partial charge < -0.3 is 5.32 Å². The zero-order valence-electron chi connectivity index (χ0n) is 6.92. The van der Waals surface area contributed by atoms with Crippen molar-refractivity contribution < 1.29 is 9.59 Å². The molecule has 0 heterocycles. The number of nitrogens with one attached hydrogen (secondary N) is 2. The first kappa shape index (κ1) is 13.8. The molecule has 0 unspecified atom stereocenters. The van der Waals surface area contributed by atoms with E-state index in [0.29, 0.717) is 6.54 Å². The third kappa shape index (κ3) is 7.30. The number of rotatable bonds is 4. The van der Waals surface area contributed by atoms with Crippen molar-refractivity contribution in [3.05, 3.63) is 0 Å². The highest BCUT2D eigenvalue weighted by molar-refractivity contribution is 5.85. The normalized spacial score (nSPS) is 8.17. The molecule has 0 rings (SSSR count). The molecule has 12 heavy (non-hydrogen) atoms. The summed E-state index contributed by atoms with van der Waals surface area (Å²) in [6, 6.07) is 0. The quantitative estimate of drug-likeness (QED) is 0.316. The fourth-order valence-electron chi connectivity index (χ4n) is 0.585. The Bertz CT molecular complexity index is 152. The van der Waals surface area contributed by atoms with Gasteiger partial charge in [0.2, 0.25) is 11.8 Å². The number of nitrogens with two attached hydrogens (primary N) is 1. The lowest BCUT2D eigenvalue weighted by atomic mass is 10.3. The molecule has 72 valence electrons. The van der Waals surface area contributed by atoms with Crippen LogP contribution >= 0.6 is 12.4 Å². The average Bonchev–Trinajstić information content (AvgIpc) is 2.01. The number of carbonyl (C=O) groups excluding carboxylic acids is 2. The predicted octanol–water partition coefficient (Wildman–Crippen LogP) is -0.686. The summed E-state index contributed by atoms with van der Waals surface area (Å²) < 4.78 is 0. The number of carbonyl (C=O) groups is 2. The highest BCUT2D eigenvalue weighted by Gasteiger charge is 2.03. The molecule has 0 saturated heterocycles. The van der Waals surface area contributed by atoms with Gasteiger partial charge in [-0.1, -0.05) is 0 Å². The van der Waals surface area contributed by atoms with E-state index in [9.17, 15) is 9.59 Å². The molecule has 0 aliphatic rings. The molecule has 4 N–H and O–H groups in total. The number of hydrazine groups is 1. The monoisotopic (exact) mass is 195 g/mol. The SMILES string of the molecule is CCNC(=O)CCC(=O)NN.Cl. The highest BCUT2D eigenvalue weighted by Crippen LogP contribution is 1.86. The largest absolute Gasteiger partial charge is 0.356 e. The first-order valence-corrected chi connectivity index (χ1v) is 3.46. The van der Waals surface area contributed by atoms with Crippen molar-refractivity contribution in [2.24, 2.45) is 5.84 Å². The van der Waals surface area contributed by atoms with Crippen LogP contribution in [0.2, 0.25) is 0 Å². The second-order valence-corrected chi connectivity index (χ2v) is 2.02. The van der Waals surface area contributed by atoms with Crippen molar-refractivity contribution in [2.45, 2.75) is 19.8 Å². The van der Waals surface area contributed by atoms with E-state index >= 15 is 0 Å². The van der Waals surface area contributed by atoms with Gasteiger partial charge in [0.05, 0.1) is 0 Å². The van der Waals surface area contributed by atoms with Crippen molar-refractivity contribution in [2.75, 3.05) is 6.54 Å². The van der Waals surface area contributed by atoms with Gasteiger partial charge in [-0.15, -0.1) is 12.4 Å². The Morgan fingerprint density at radius 3 is 2.17 bits per heavy atom. The van der Waals surface area contributed by atoms with Gasteiger partial charge in [0, 0.05) is 19.4 Å². The molecular weight excluding hydrogens is 182 g/mol. The Balaban J connectivity index is 0. The van der Waals surface area contributed by atoms with Crippen LogP contribution in [0.1, 0.15) is 19.8 Å². The molecule has 0 fully saturated rings. The van der Waals surface area contributed by atoms with Crippen molar-refractivity contribution in [3.8, 4) is 0 Å². The highest BCUT2D eigenvalue weighted by atomic mass is 35.5. The first-order chi connectivity index (χ1) is 5.20. The standard InChI is InChI=1S/C6H13N3O2.ClH/c1-2-8-5(10)3-4-6(11)9-7;/h2-4,7H2,1H3,(H,8,10)(H,9,11);1H. The van der Waals surface area contributed by atoms with Crippen LogP contribution in [-0.4, -0.2) is 18.4 Å². The maximum Gasteiger partial charge on any atom is 0.234 e. The maximum absolute atomic E-state index is 10.7. The van der Waals surface area contributed by atoms with Crippen LogP contribution in [0.3, 0.4) is 0 Å². The molecule has 0 aromatic rings. The van der Waals surface area contributed by atoms with Gasteiger partial charge >= 0.3 is 0 Å².